The van der Waals surface area contributed by atoms with Crippen LogP contribution in [0.4, 0.5) is 5.82 Å². The van der Waals surface area contributed by atoms with Gasteiger partial charge in [-0.3, -0.25) is 15.1 Å². The molecule has 2 aromatic rings. The molecule has 0 saturated carbocycles. The second kappa shape index (κ2) is 9.87. The number of piperidine rings is 1. The second-order valence-corrected chi connectivity index (χ2v) is 9.14. The fourth-order valence-electron chi connectivity index (χ4n) is 4.44. The van der Waals surface area contributed by atoms with Crippen LogP contribution in [0.15, 0.2) is 24.3 Å². The Kier molecular flexibility index (Phi) is 7.00. The molecule has 2 saturated heterocycles. The predicted molar refractivity (Wildman–Crippen MR) is 120 cm³/mol. The molecule has 1 aromatic heterocycles. The fraction of sp³-hybridized carbons (Fsp3) is 0.636. The molecule has 0 unspecified atom stereocenters. The number of carbonyl (C=O) groups excluding carboxylic acids is 1. The van der Waals surface area contributed by atoms with Crippen LogP contribution in [0.5, 0.6) is 0 Å². The molecular formula is C22H33N5OS. The maximum Gasteiger partial charge on any atom is 0.234 e. The quantitative estimate of drug-likeness (QED) is 0.752. The van der Waals surface area contributed by atoms with E-state index in [0.717, 1.165) is 51.6 Å². The molecule has 2 fully saturated rings. The van der Waals surface area contributed by atoms with Gasteiger partial charge in [0.1, 0.15) is 5.82 Å². The lowest BCUT2D eigenvalue weighted by atomic mass is 9.94. The highest BCUT2D eigenvalue weighted by atomic mass is 32.1. The van der Waals surface area contributed by atoms with Gasteiger partial charge in [0, 0.05) is 51.1 Å². The predicted octanol–water partition coefficient (Wildman–Crippen LogP) is 3.35. The van der Waals surface area contributed by atoms with Gasteiger partial charge in [0.2, 0.25) is 5.91 Å². The zero-order valence-corrected chi connectivity index (χ0v) is 18.3. The number of hydrazine groups is 1. The summed E-state index contributed by atoms with van der Waals surface area (Å²) >= 11 is 1.61. The Hall–Kier alpha value is -1.70. The maximum absolute atomic E-state index is 11.7. The minimum atomic E-state index is 0.164. The number of amides is 1. The van der Waals surface area contributed by atoms with Gasteiger partial charge in [-0.15, -0.1) is 0 Å². The minimum Gasteiger partial charge on any atom is -0.353 e. The van der Waals surface area contributed by atoms with E-state index in [0.29, 0.717) is 6.42 Å². The lowest BCUT2D eigenvalue weighted by molar-refractivity contribution is -0.126. The number of aromatic nitrogens is 1. The smallest absolute Gasteiger partial charge is 0.234 e. The van der Waals surface area contributed by atoms with Crippen molar-refractivity contribution in [2.45, 2.75) is 39.0 Å². The van der Waals surface area contributed by atoms with Crippen LogP contribution in [0.3, 0.4) is 0 Å². The van der Waals surface area contributed by atoms with Crippen LogP contribution >= 0.6 is 11.5 Å². The summed E-state index contributed by atoms with van der Waals surface area (Å²) < 4.78 is 6.00. The van der Waals surface area contributed by atoms with Crippen LogP contribution in [0.25, 0.3) is 10.1 Å². The molecule has 0 radical (unpaired) electrons. The molecule has 0 spiro atoms. The van der Waals surface area contributed by atoms with E-state index in [1.165, 1.54) is 41.7 Å². The van der Waals surface area contributed by atoms with Gasteiger partial charge in [0.05, 0.1) is 4.70 Å². The molecule has 0 aliphatic carbocycles. The Labute approximate surface area is 178 Å². The van der Waals surface area contributed by atoms with Gasteiger partial charge < -0.3 is 4.90 Å². The van der Waals surface area contributed by atoms with Crippen molar-refractivity contribution in [1.29, 1.82) is 0 Å². The van der Waals surface area contributed by atoms with Crippen LogP contribution < -0.4 is 10.3 Å². The number of piperazine rings is 1. The summed E-state index contributed by atoms with van der Waals surface area (Å²) in [5.74, 6) is 2.12. The Morgan fingerprint density at radius 1 is 1.14 bits per heavy atom. The number of carbonyl (C=O) groups is 1. The van der Waals surface area contributed by atoms with Crippen molar-refractivity contribution in [2.24, 2.45) is 5.92 Å². The molecule has 2 aliphatic rings. The lowest BCUT2D eigenvalue weighted by Gasteiger charge is -2.37. The third kappa shape index (κ3) is 5.27. The molecule has 7 heteroatoms. The molecule has 4 rings (SSSR count). The monoisotopic (exact) mass is 415 g/mol. The molecule has 6 nitrogen and oxygen atoms in total. The van der Waals surface area contributed by atoms with Crippen molar-refractivity contribution in [3.8, 4) is 0 Å². The van der Waals surface area contributed by atoms with Gasteiger partial charge in [0.25, 0.3) is 0 Å². The van der Waals surface area contributed by atoms with Crippen LogP contribution in [-0.4, -0.2) is 66.0 Å². The SMILES string of the molecule is CCCC(=O)NN1CCC(CCN2CCN(c3nsc4ccccc34)CC2)CC1. The maximum atomic E-state index is 11.7. The first-order valence-electron chi connectivity index (χ1n) is 11.1. The highest BCUT2D eigenvalue weighted by Crippen LogP contribution is 2.30. The van der Waals surface area contributed by atoms with Crippen LogP contribution in [0, 0.1) is 5.92 Å². The number of hydrogen-bond donors (Lipinski definition) is 1. The average Bonchev–Trinajstić information content (AvgIpc) is 3.18. The Balaban J connectivity index is 1.17. The van der Waals surface area contributed by atoms with Gasteiger partial charge in [-0.2, -0.15) is 4.37 Å². The van der Waals surface area contributed by atoms with Gasteiger partial charge in [-0.25, -0.2) is 5.01 Å². The number of nitrogens with zero attached hydrogens (tertiary/aromatic N) is 4. The first-order chi connectivity index (χ1) is 14.2. The topological polar surface area (TPSA) is 51.7 Å². The molecule has 1 aromatic carbocycles. The summed E-state index contributed by atoms with van der Waals surface area (Å²) in [5, 5.41) is 3.41. The molecule has 1 amide bonds. The van der Waals surface area contributed by atoms with E-state index in [2.05, 4.69) is 44.5 Å². The van der Waals surface area contributed by atoms with E-state index in [1.54, 1.807) is 11.5 Å². The Bertz CT molecular complexity index is 793. The third-order valence-electron chi connectivity index (χ3n) is 6.26. The van der Waals surface area contributed by atoms with Gasteiger partial charge in [-0.05, 0) is 61.8 Å². The molecule has 1 N–H and O–H groups in total. The van der Waals surface area contributed by atoms with Gasteiger partial charge in [-0.1, -0.05) is 19.1 Å². The molecule has 29 heavy (non-hydrogen) atoms. The van der Waals surface area contributed by atoms with E-state index < -0.39 is 0 Å². The Morgan fingerprint density at radius 3 is 2.66 bits per heavy atom. The largest absolute Gasteiger partial charge is 0.353 e. The number of rotatable bonds is 7. The number of benzene rings is 1. The van der Waals surface area contributed by atoms with E-state index in [-0.39, 0.29) is 5.91 Å². The molecule has 0 atom stereocenters. The fourth-order valence-corrected chi connectivity index (χ4v) is 5.24. The summed E-state index contributed by atoms with van der Waals surface area (Å²) in [5.41, 5.74) is 3.05. The van der Waals surface area contributed by atoms with E-state index in [4.69, 9.17) is 4.37 Å². The third-order valence-corrected chi connectivity index (χ3v) is 7.08. The highest BCUT2D eigenvalue weighted by Gasteiger charge is 2.23. The Morgan fingerprint density at radius 2 is 1.90 bits per heavy atom. The molecule has 0 bridgehead atoms. The standard InChI is InChI=1S/C22H33N5OS/c1-2-5-21(28)23-27-12-9-18(10-13-27)8-11-25-14-16-26(17-15-25)22-19-6-3-4-7-20(19)29-24-22/h3-4,6-7,18H,2,5,8-17H2,1H3,(H,23,28). The van der Waals surface area contributed by atoms with E-state index in [9.17, 15) is 4.79 Å². The van der Waals surface area contributed by atoms with Crippen LogP contribution in [0.1, 0.15) is 39.0 Å². The first-order valence-corrected chi connectivity index (χ1v) is 11.9. The summed E-state index contributed by atoms with van der Waals surface area (Å²) in [6.07, 6.45) is 5.20. The summed E-state index contributed by atoms with van der Waals surface area (Å²) in [7, 11) is 0. The molecule has 158 valence electrons. The van der Waals surface area contributed by atoms with Crippen LogP contribution in [0.2, 0.25) is 0 Å². The van der Waals surface area contributed by atoms with Crippen molar-refractivity contribution in [2.75, 3.05) is 50.7 Å². The summed E-state index contributed by atoms with van der Waals surface area (Å²) in [4.78, 5) is 16.8. The second-order valence-electron chi connectivity index (χ2n) is 8.34. The van der Waals surface area contributed by atoms with Gasteiger partial charge in [0.15, 0.2) is 0 Å². The van der Waals surface area contributed by atoms with Crippen molar-refractivity contribution in [3.05, 3.63) is 24.3 Å². The number of hydrogen-bond acceptors (Lipinski definition) is 6. The lowest BCUT2D eigenvalue weighted by Crippen LogP contribution is -2.48. The number of anilines is 1. The molecule has 3 heterocycles. The number of nitrogens with one attached hydrogen (secondary N) is 1. The van der Waals surface area contributed by atoms with E-state index >= 15 is 0 Å². The van der Waals surface area contributed by atoms with Crippen molar-refractivity contribution >= 4 is 33.3 Å². The summed E-state index contributed by atoms with van der Waals surface area (Å²) in [6.45, 7) is 9.60. The first kappa shape index (κ1) is 20.6. The zero-order valence-electron chi connectivity index (χ0n) is 17.5. The van der Waals surface area contributed by atoms with Gasteiger partial charge >= 0.3 is 0 Å². The van der Waals surface area contributed by atoms with Crippen LogP contribution in [-0.2, 0) is 4.79 Å². The number of fused-ring (bicyclic) bond motifs is 1. The molecule has 2 aliphatic heterocycles. The van der Waals surface area contributed by atoms with E-state index in [1.807, 2.05) is 6.92 Å². The highest BCUT2D eigenvalue weighted by molar-refractivity contribution is 7.13. The van der Waals surface area contributed by atoms with Crippen molar-refractivity contribution < 1.29 is 4.79 Å². The van der Waals surface area contributed by atoms with Crippen molar-refractivity contribution in [1.82, 2.24) is 19.7 Å². The minimum absolute atomic E-state index is 0.164. The molecular weight excluding hydrogens is 382 g/mol. The normalized spacial score (nSPS) is 19.7. The van der Waals surface area contributed by atoms with Crippen molar-refractivity contribution in [3.63, 3.8) is 0 Å². The zero-order chi connectivity index (χ0) is 20.1. The summed E-state index contributed by atoms with van der Waals surface area (Å²) in [6, 6.07) is 8.55. The average molecular weight is 416 g/mol.